The van der Waals surface area contributed by atoms with Gasteiger partial charge in [-0.25, -0.2) is 14.4 Å². The van der Waals surface area contributed by atoms with E-state index in [0.29, 0.717) is 39.5 Å². The predicted octanol–water partition coefficient (Wildman–Crippen LogP) is 4.80. The Labute approximate surface area is 190 Å². The summed E-state index contributed by atoms with van der Waals surface area (Å²) in [6.07, 6.45) is 7.02. The first-order chi connectivity index (χ1) is 16.1. The summed E-state index contributed by atoms with van der Waals surface area (Å²) < 4.78 is 19.0. The number of nitrogens with two attached hydrogens (primary N) is 1. The normalized spacial score (nSPS) is 18.2. The zero-order valence-corrected chi connectivity index (χ0v) is 17.9. The van der Waals surface area contributed by atoms with E-state index >= 15 is 0 Å². The van der Waals surface area contributed by atoms with Gasteiger partial charge in [0.1, 0.15) is 35.1 Å². The molecule has 0 amide bonds. The second-order valence-corrected chi connectivity index (χ2v) is 8.32. The van der Waals surface area contributed by atoms with Crippen molar-refractivity contribution in [3.8, 4) is 11.5 Å². The molecule has 0 aliphatic heterocycles. The number of hydrogen-bond donors (Lipinski definition) is 3. The van der Waals surface area contributed by atoms with Crippen LogP contribution >= 0.6 is 0 Å². The molecule has 0 radical (unpaired) electrons. The maximum absolute atomic E-state index is 13.4. The van der Waals surface area contributed by atoms with Crippen LogP contribution in [0.4, 0.5) is 10.2 Å². The third kappa shape index (κ3) is 4.56. The molecule has 2 heterocycles. The molecule has 4 N–H and O–H groups in total. The molecule has 1 aliphatic carbocycles. The van der Waals surface area contributed by atoms with E-state index in [4.69, 9.17) is 10.5 Å². The van der Waals surface area contributed by atoms with Crippen LogP contribution in [0.2, 0.25) is 0 Å². The third-order valence-corrected chi connectivity index (χ3v) is 5.98. The highest BCUT2D eigenvalue weighted by Crippen LogP contribution is 2.29. The highest BCUT2D eigenvalue weighted by Gasteiger charge is 2.23. The van der Waals surface area contributed by atoms with Crippen LogP contribution < -0.4 is 15.8 Å². The Morgan fingerprint density at radius 1 is 1.06 bits per heavy atom. The number of carbonyl (C=O) groups is 1. The van der Waals surface area contributed by atoms with Crippen molar-refractivity contribution < 1.29 is 13.9 Å². The van der Waals surface area contributed by atoms with Crippen LogP contribution in [0.25, 0.3) is 11.0 Å². The van der Waals surface area contributed by atoms with Crippen molar-refractivity contribution >= 4 is 22.6 Å². The molecule has 8 heteroatoms. The molecule has 0 unspecified atom stereocenters. The van der Waals surface area contributed by atoms with E-state index in [2.05, 4.69) is 20.3 Å². The second-order valence-electron chi connectivity index (χ2n) is 8.32. The molecule has 7 nitrogen and oxygen atoms in total. The number of halogens is 1. The summed E-state index contributed by atoms with van der Waals surface area (Å²) in [4.78, 5) is 25.1. The van der Waals surface area contributed by atoms with Gasteiger partial charge in [0.05, 0.1) is 10.9 Å². The highest BCUT2D eigenvalue weighted by atomic mass is 19.1. The van der Waals surface area contributed by atoms with Crippen molar-refractivity contribution in [2.45, 2.75) is 37.8 Å². The molecule has 0 spiro atoms. The molecule has 2 aromatic carbocycles. The highest BCUT2D eigenvalue weighted by molar-refractivity contribution is 6.18. The van der Waals surface area contributed by atoms with Gasteiger partial charge in [-0.2, -0.15) is 0 Å². The van der Waals surface area contributed by atoms with Crippen LogP contribution in [0.1, 0.15) is 41.6 Å². The summed E-state index contributed by atoms with van der Waals surface area (Å²) >= 11 is 0. The SMILES string of the molecule is NC1CCC(Nc2ncnc3[nH]cc(C(=O)c4ccc(Oc5cccc(F)c5)cc4)c23)CC1. The summed E-state index contributed by atoms with van der Waals surface area (Å²) in [5.41, 5.74) is 7.63. The van der Waals surface area contributed by atoms with Crippen LogP contribution in [-0.2, 0) is 0 Å². The molecule has 168 valence electrons. The minimum Gasteiger partial charge on any atom is -0.457 e. The van der Waals surface area contributed by atoms with E-state index in [9.17, 15) is 9.18 Å². The van der Waals surface area contributed by atoms with Crippen LogP contribution in [0.15, 0.2) is 61.1 Å². The van der Waals surface area contributed by atoms with E-state index in [1.807, 2.05) is 0 Å². The fourth-order valence-corrected chi connectivity index (χ4v) is 4.20. The molecular weight excluding hydrogens is 421 g/mol. The molecule has 4 aromatic rings. The number of ketones is 1. The fourth-order valence-electron chi connectivity index (χ4n) is 4.20. The number of aromatic amines is 1. The molecular formula is C25H24FN5O2. The van der Waals surface area contributed by atoms with Gasteiger partial charge in [0, 0.05) is 29.9 Å². The number of ether oxygens (including phenoxy) is 1. The van der Waals surface area contributed by atoms with E-state index in [-0.39, 0.29) is 23.7 Å². The van der Waals surface area contributed by atoms with Gasteiger partial charge in [-0.1, -0.05) is 6.07 Å². The maximum Gasteiger partial charge on any atom is 0.195 e. The summed E-state index contributed by atoms with van der Waals surface area (Å²) in [5, 5.41) is 4.17. The summed E-state index contributed by atoms with van der Waals surface area (Å²) in [6, 6.07) is 13.2. The Hall–Kier alpha value is -3.78. The zero-order valence-electron chi connectivity index (χ0n) is 17.9. The Morgan fingerprint density at radius 3 is 2.61 bits per heavy atom. The Balaban J connectivity index is 1.38. The number of aromatic nitrogens is 3. The molecule has 2 aromatic heterocycles. The molecule has 1 saturated carbocycles. The molecule has 33 heavy (non-hydrogen) atoms. The van der Waals surface area contributed by atoms with Gasteiger partial charge in [0.2, 0.25) is 0 Å². The molecule has 1 fully saturated rings. The number of carbonyl (C=O) groups excluding carboxylic acids is 1. The van der Waals surface area contributed by atoms with Crippen molar-refractivity contribution in [2.75, 3.05) is 5.32 Å². The van der Waals surface area contributed by atoms with E-state index in [1.165, 1.54) is 18.5 Å². The molecule has 0 saturated heterocycles. The average Bonchev–Trinajstić information content (AvgIpc) is 3.26. The smallest absolute Gasteiger partial charge is 0.195 e. The number of nitrogens with one attached hydrogen (secondary N) is 2. The number of hydrogen-bond acceptors (Lipinski definition) is 6. The third-order valence-electron chi connectivity index (χ3n) is 5.98. The Morgan fingerprint density at radius 2 is 1.85 bits per heavy atom. The van der Waals surface area contributed by atoms with E-state index in [0.717, 1.165) is 25.7 Å². The quantitative estimate of drug-likeness (QED) is 0.368. The lowest BCUT2D eigenvalue weighted by molar-refractivity contribution is 0.104. The van der Waals surface area contributed by atoms with Gasteiger partial charge < -0.3 is 20.8 Å². The molecule has 0 atom stereocenters. The number of nitrogens with zero attached hydrogens (tertiary/aromatic N) is 2. The van der Waals surface area contributed by atoms with Gasteiger partial charge in [0.25, 0.3) is 0 Å². The average molecular weight is 445 g/mol. The van der Waals surface area contributed by atoms with Crippen molar-refractivity contribution in [2.24, 2.45) is 5.73 Å². The lowest BCUT2D eigenvalue weighted by atomic mass is 9.92. The van der Waals surface area contributed by atoms with Crippen LogP contribution in [-0.4, -0.2) is 32.8 Å². The maximum atomic E-state index is 13.4. The zero-order chi connectivity index (χ0) is 22.8. The molecule has 0 bridgehead atoms. The fraction of sp³-hybridized carbons (Fsp3) is 0.240. The van der Waals surface area contributed by atoms with Crippen molar-refractivity contribution in [3.05, 3.63) is 78.0 Å². The first kappa shape index (κ1) is 21.1. The number of benzene rings is 2. The Kier molecular flexibility index (Phi) is 5.75. The molecule has 1 aliphatic rings. The van der Waals surface area contributed by atoms with Crippen LogP contribution in [0, 0.1) is 5.82 Å². The topological polar surface area (TPSA) is 106 Å². The van der Waals surface area contributed by atoms with Gasteiger partial charge in [-0.05, 0) is 62.1 Å². The van der Waals surface area contributed by atoms with E-state index < -0.39 is 0 Å². The van der Waals surface area contributed by atoms with Gasteiger partial charge in [-0.15, -0.1) is 0 Å². The summed E-state index contributed by atoms with van der Waals surface area (Å²) in [6.45, 7) is 0. The van der Waals surface area contributed by atoms with Gasteiger partial charge >= 0.3 is 0 Å². The van der Waals surface area contributed by atoms with Gasteiger partial charge in [0.15, 0.2) is 5.78 Å². The van der Waals surface area contributed by atoms with Crippen LogP contribution in [0.3, 0.4) is 0 Å². The van der Waals surface area contributed by atoms with Gasteiger partial charge in [-0.3, -0.25) is 4.79 Å². The standard InChI is InChI=1S/C25H24FN5O2/c26-16-2-1-3-20(12-16)33-19-10-4-15(5-11-19)23(32)21-13-28-24-22(21)25(30-14-29-24)31-18-8-6-17(27)7-9-18/h1-5,10-14,17-18H,6-9,27H2,(H2,28,29,30,31). The summed E-state index contributed by atoms with van der Waals surface area (Å²) in [7, 11) is 0. The Bertz CT molecular complexity index is 1280. The minimum absolute atomic E-state index is 0.151. The second kappa shape index (κ2) is 8.99. The first-order valence-corrected chi connectivity index (χ1v) is 11.0. The van der Waals surface area contributed by atoms with Crippen LogP contribution in [0.5, 0.6) is 11.5 Å². The lowest BCUT2D eigenvalue weighted by Crippen LogP contribution is -2.33. The summed E-state index contributed by atoms with van der Waals surface area (Å²) in [5.74, 6) is 1.03. The van der Waals surface area contributed by atoms with Crippen molar-refractivity contribution in [3.63, 3.8) is 0 Å². The lowest BCUT2D eigenvalue weighted by Gasteiger charge is -2.27. The predicted molar refractivity (Wildman–Crippen MR) is 124 cm³/mol. The number of H-pyrrole nitrogens is 1. The number of anilines is 1. The van der Waals surface area contributed by atoms with E-state index in [1.54, 1.807) is 42.6 Å². The minimum atomic E-state index is -0.374. The first-order valence-electron chi connectivity index (χ1n) is 11.0. The molecule has 5 rings (SSSR count). The number of rotatable bonds is 6. The number of fused-ring (bicyclic) bond motifs is 1. The van der Waals surface area contributed by atoms with Crippen molar-refractivity contribution in [1.82, 2.24) is 15.0 Å². The van der Waals surface area contributed by atoms with Crippen molar-refractivity contribution in [1.29, 1.82) is 0 Å². The monoisotopic (exact) mass is 445 g/mol. The largest absolute Gasteiger partial charge is 0.457 e.